The lowest BCUT2D eigenvalue weighted by atomic mass is 9.99. The molecular formula is C26H25N3O3. The molecular weight excluding hydrogens is 402 g/mol. The first-order valence-corrected chi connectivity index (χ1v) is 10.5. The van der Waals surface area contributed by atoms with E-state index in [4.69, 9.17) is 4.74 Å². The third-order valence-corrected chi connectivity index (χ3v) is 5.30. The van der Waals surface area contributed by atoms with Gasteiger partial charge in [0.05, 0.1) is 29.6 Å². The van der Waals surface area contributed by atoms with Gasteiger partial charge in [0, 0.05) is 17.8 Å². The molecule has 6 heteroatoms. The van der Waals surface area contributed by atoms with Gasteiger partial charge in [0.15, 0.2) is 0 Å². The molecule has 3 aromatic carbocycles. The molecule has 1 aliphatic heterocycles. The summed E-state index contributed by atoms with van der Waals surface area (Å²) < 4.78 is 4.80. The lowest BCUT2D eigenvalue weighted by Crippen LogP contribution is -2.12. The van der Waals surface area contributed by atoms with E-state index in [-0.39, 0.29) is 5.91 Å². The second-order valence-corrected chi connectivity index (χ2v) is 7.42. The second kappa shape index (κ2) is 9.49. The number of hydrogen-bond donors (Lipinski definition) is 3. The summed E-state index contributed by atoms with van der Waals surface area (Å²) in [5.74, 6) is -0.671. The van der Waals surface area contributed by atoms with Crippen molar-refractivity contribution < 1.29 is 14.3 Å². The maximum absolute atomic E-state index is 13.0. The summed E-state index contributed by atoms with van der Waals surface area (Å²) in [6.07, 6.45) is 0. The molecule has 0 fully saturated rings. The van der Waals surface area contributed by atoms with Crippen molar-refractivity contribution in [3.63, 3.8) is 0 Å². The van der Waals surface area contributed by atoms with Crippen LogP contribution in [0.3, 0.4) is 0 Å². The van der Waals surface area contributed by atoms with E-state index in [0.717, 1.165) is 29.9 Å². The summed E-state index contributed by atoms with van der Waals surface area (Å²) in [5, 5.41) is 9.64. The van der Waals surface area contributed by atoms with Crippen LogP contribution in [0, 0.1) is 0 Å². The molecule has 162 valence electrons. The Morgan fingerprint density at radius 1 is 0.969 bits per heavy atom. The first-order chi connectivity index (χ1) is 15.6. The van der Waals surface area contributed by atoms with Gasteiger partial charge in [-0.25, -0.2) is 4.79 Å². The average Bonchev–Trinajstić information content (AvgIpc) is 3.16. The van der Waals surface area contributed by atoms with E-state index in [2.05, 4.69) is 35.0 Å². The number of anilines is 2. The molecule has 0 saturated heterocycles. The number of ether oxygens (including phenoxy) is 1. The van der Waals surface area contributed by atoms with Gasteiger partial charge in [-0.3, -0.25) is 4.79 Å². The molecule has 0 unspecified atom stereocenters. The molecule has 0 saturated carbocycles. The highest BCUT2D eigenvalue weighted by Gasteiger charge is 2.29. The zero-order valence-electron chi connectivity index (χ0n) is 18.1. The zero-order chi connectivity index (χ0) is 22.5. The molecule has 6 nitrogen and oxygen atoms in total. The first-order valence-electron chi connectivity index (χ1n) is 10.5. The number of amides is 1. The number of hydrogen-bond acceptors (Lipinski definition) is 5. The summed E-state index contributed by atoms with van der Waals surface area (Å²) in [5.41, 5.74) is 5.89. The standard InChI is InChI=1S/C26H25N3O3/c1-3-27-16-17-9-12-20(13-10-17)28-24(18-7-5-4-6-8-18)23-21-14-11-19(26(31)32-2)15-22(21)29-25(23)30/h4-15,27-28H,3,16H2,1-2H3,(H,29,30). The maximum Gasteiger partial charge on any atom is 0.337 e. The van der Waals surface area contributed by atoms with Crippen LogP contribution in [0.4, 0.5) is 11.4 Å². The lowest BCUT2D eigenvalue weighted by molar-refractivity contribution is -0.110. The summed E-state index contributed by atoms with van der Waals surface area (Å²) >= 11 is 0. The highest BCUT2D eigenvalue weighted by Crippen LogP contribution is 2.38. The number of benzene rings is 3. The molecule has 0 bridgehead atoms. The van der Waals surface area contributed by atoms with E-state index in [1.165, 1.54) is 12.7 Å². The minimum absolute atomic E-state index is 0.225. The van der Waals surface area contributed by atoms with Crippen molar-refractivity contribution in [3.8, 4) is 0 Å². The fourth-order valence-corrected chi connectivity index (χ4v) is 3.67. The van der Waals surface area contributed by atoms with E-state index in [1.807, 2.05) is 42.5 Å². The summed E-state index contributed by atoms with van der Waals surface area (Å²) in [7, 11) is 1.33. The zero-order valence-corrected chi connectivity index (χ0v) is 18.1. The van der Waals surface area contributed by atoms with E-state index >= 15 is 0 Å². The van der Waals surface area contributed by atoms with Crippen molar-refractivity contribution >= 4 is 34.5 Å². The molecule has 0 atom stereocenters. The number of methoxy groups -OCH3 is 1. The first kappa shape index (κ1) is 21.3. The molecule has 1 aliphatic rings. The number of nitrogens with one attached hydrogen (secondary N) is 3. The number of fused-ring (bicyclic) bond motifs is 1. The SMILES string of the molecule is CCNCc1ccc(NC(=C2C(=O)Nc3cc(C(=O)OC)ccc32)c2ccccc2)cc1. The van der Waals surface area contributed by atoms with Crippen molar-refractivity contribution in [2.24, 2.45) is 0 Å². The minimum Gasteiger partial charge on any atom is -0.465 e. The third kappa shape index (κ3) is 4.40. The van der Waals surface area contributed by atoms with Crippen LogP contribution in [0.2, 0.25) is 0 Å². The number of esters is 1. The maximum atomic E-state index is 13.0. The van der Waals surface area contributed by atoms with Gasteiger partial charge in [0.25, 0.3) is 5.91 Å². The van der Waals surface area contributed by atoms with Gasteiger partial charge in [-0.1, -0.05) is 55.5 Å². The fraction of sp³-hybridized carbons (Fsp3) is 0.154. The molecule has 0 aliphatic carbocycles. The van der Waals surface area contributed by atoms with Gasteiger partial charge in [-0.15, -0.1) is 0 Å². The fourth-order valence-electron chi connectivity index (χ4n) is 3.67. The van der Waals surface area contributed by atoms with E-state index in [0.29, 0.717) is 22.5 Å². The molecule has 1 amide bonds. The van der Waals surface area contributed by atoms with E-state index < -0.39 is 5.97 Å². The van der Waals surface area contributed by atoms with Crippen LogP contribution in [-0.4, -0.2) is 25.5 Å². The smallest absolute Gasteiger partial charge is 0.337 e. The van der Waals surface area contributed by atoms with E-state index in [1.54, 1.807) is 18.2 Å². The van der Waals surface area contributed by atoms with Gasteiger partial charge < -0.3 is 20.7 Å². The van der Waals surface area contributed by atoms with Crippen molar-refractivity contribution in [2.75, 3.05) is 24.3 Å². The highest BCUT2D eigenvalue weighted by atomic mass is 16.5. The number of rotatable bonds is 7. The Hall–Kier alpha value is -3.90. The van der Waals surface area contributed by atoms with Crippen LogP contribution in [0.1, 0.15) is 34.0 Å². The Morgan fingerprint density at radius 2 is 1.72 bits per heavy atom. The van der Waals surface area contributed by atoms with Gasteiger partial charge in [0.1, 0.15) is 0 Å². The molecule has 0 spiro atoms. The van der Waals surface area contributed by atoms with Crippen LogP contribution in [0.5, 0.6) is 0 Å². The van der Waals surface area contributed by atoms with Gasteiger partial charge >= 0.3 is 5.97 Å². The molecule has 0 aromatic heterocycles. The number of carbonyl (C=O) groups is 2. The van der Waals surface area contributed by atoms with E-state index in [9.17, 15) is 9.59 Å². The Kier molecular flexibility index (Phi) is 6.33. The van der Waals surface area contributed by atoms with Gasteiger partial charge in [-0.2, -0.15) is 0 Å². The second-order valence-electron chi connectivity index (χ2n) is 7.42. The Bertz CT molecular complexity index is 1170. The Morgan fingerprint density at radius 3 is 2.41 bits per heavy atom. The Balaban J connectivity index is 1.76. The molecule has 0 radical (unpaired) electrons. The summed E-state index contributed by atoms with van der Waals surface area (Å²) in [4.78, 5) is 24.9. The van der Waals surface area contributed by atoms with Crippen molar-refractivity contribution in [1.29, 1.82) is 0 Å². The van der Waals surface area contributed by atoms with Crippen molar-refractivity contribution in [2.45, 2.75) is 13.5 Å². The van der Waals surface area contributed by atoms with Crippen LogP contribution in [-0.2, 0) is 16.1 Å². The molecule has 4 rings (SSSR count). The number of carbonyl (C=O) groups excluding carboxylic acids is 2. The molecule has 3 aromatic rings. The average molecular weight is 428 g/mol. The predicted molar refractivity (Wildman–Crippen MR) is 127 cm³/mol. The van der Waals surface area contributed by atoms with Crippen LogP contribution in [0.25, 0.3) is 11.3 Å². The largest absolute Gasteiger partial charge is 0.465 e. The molecule has 32 heavy (non-hydrogen) atoms. The summed E-state index contributed by atoms with van der Waals surface area (Å²) in [6, 6.07) is 22.9. The van der Waals surface area contributed by atoms with Crippen molar-refractivity contribution in [1.82, 2.24) is 5.32 Å². The predicted octanol–water partition coefficient (Wildman–Crippen LogP) is 4.52. The molecule has 1 heterocycles. The lowest BCUT2D eigenvalue weighted by Gasteiger charge is -2.15. The monoisotopic (exact) mass is 427 g/mol. The van der Waals surface area contributed by atoms with Crippen LogP contribution < -0.4 is 16.0 Å². The van der Waals surface area contributed by atoms with Crippen LogP contribution >= 0.6 is 0 Å². The quantitative estimate of drug-likeness (QED) is 0.382. The summed E-state index contributed by atoms with van der Waals surface area (Å²) in [6.45, 7) is 3.80. The van der Waals surface area contributed by atoms with Gasteiger partial charge in [0.2, 0.25) is 0 Å². The normalized spacial score (nSPS) is 13.9. The Labute approximate surface area is 187 Å². The minimum atomic E-state index is -0.446. The van der Waals surface area contributed by atoms with Crippen LogP contribution in [0.15, 0.2) is 72.8 Å². The highest BCUT2D eigenvalue weighted by molar-refractivity contribution is 6.37. The topological polar surface area (TPSA) is 79.5 Å². The van der Waals surface area contributed by atoms with Crippen molar-refractivity contribution in [3.05, 3.63) is 95.1 Å². The third-order valence-electron chi connectivity index (χ3n) is 5.30. The molecule has 3 N–H and O–H groups in total. The van der Waals surface area contributed by atoms with Gasteiger partial charge in [-0.05, 0) is 41.9 Å².